The third-order valence-electron chi connectivity index (χ3n) is 4.86. The van der Waals surface area contributed by atoms with Crippen molar-refractivity contribution in [2.24, 2.45) is 5.92 Å². The number of carbonyl (C=O) groups is 1. The number of benzene rings is 2. The number of para-hydroxylation sites is 1. The number of hydrogen-bond donors (Lipinski definition) is 0. The maximum Gasteiger partial charge on any atom is 0.227 e. The number of rotatable bonds is 6. The van der Waals surface area contributed by atoms with Crippen molar-refractivity contribution in [1.29, 1.82) is 0 Å². The van der Waals surface area contributed by atoms with Gasteiger partial charge in [-0.2, -0.15) is 0 Å². The molecule has 0 saturated carbocycles. The molecule has 4 nitrogen and oxygen atoms in total. The van der Waals surface area contributed by atoms with Crippen LogP contribution in [0.1, 0.15) is 17.5 Å². The molecule has 1 fully saturated rings. The maximum atomic E-state index is 12.6. The lowest BCUT2D eigenvalue weighted by Gasteiger charge is -2.17. The summed E-state index contributed by atoms with van der Waals surface area (Å²) in [5.41, 5.74) is 2.25. The Kier molecular flexibility index (Phi) is 5.59. The lowest BCUT2D eigenvalue weighted by atomic mass is 9.99. The van der Waals surface area contributed by atoms with E-state index in [4.69, 9.17) is 9.47 Å². The number of carbonyl (C=O) groups excluding carboxylic acids is 1. The monoisotopic (exact) mass is 339 g/mol. The Morgan fingerprint density at radius 2 is 1.84 bits per heavy atom. The Balaban J connectivity index is 1.55. The quantitative estimate of drug-likeness (QED) is 0.810. The minimum Gasteiger partial charge on any atom is -0.497 e. The summed E-state index contributed by atoms with van der Waals surface area (Å²) in [5, 5.41) is 0. The molecule has 1 saturated heterocycles. The molecule has 2 aromatic rings. The van der Waals surface area contributed by atoms with Gasteiger partial charge in [-0.25, -0.2) is 0 Å². The molecule has 0 spiro atoms. The molecule has 1 heterocycles. The van der Waals surface area contributed by atoms with Crippen LogP contribution in [0.3, 0.4) is 0 Å². The van der Waals surface area contributed by atoms with Gasteiger partial charge < -0.3 is 14.4 Å². The third-order valence-corrected chi connectivity index (χ3v) is 4.86. The average molecular weight is 339 g/mol. The molecule has 0 aromatic heterocycles. The van der Waals surface area contributed by atoms with Crippen molar-refractivity contribution in [2.45, 2.75) is 19.3 Å². The van der Waals surface area contributed by atoms with Crippen LogP contribution in [0.5, 0.6) is 11.5 Å². The van der Waals surface area contributed by atoms with Gasteiger partial charge in [-0.1, -0.05) is 30.3 Å². The Hall–Kier alpha value is -2.49. The van der Waals surface area contributed by atoms with Gasteiger partial charge in [0.05, 0.1) is 20.6 Å². The molecule has 0 aliphatic carbocycles. The van der Waals surface area contributed by atoms with E-state index in [1.54, 1.807) is 14.2 Å². The molecule has 1 aliphatic rings. The normalized spacial score (nSPS) is 16.7. The van der Waals surface area contributed by atoms with Gasteiger partial charge in [0.2, 0.25) is 5.91 Å². The minimum atomic E-state index is 0.182. The van der Waals surface area contributed by atoms with E-state index in [1.807, 2.05) is 41.3 Å². The highest BCUT2D eigenvalue weighted by molar-refractivity contribution is 5.79. The molecule has 1 amide bonds. The largest absolute Gasteiger partial charge is 0.497 e. The number of likely N-dealkylation sites (tertiary alicyclic amines) is 1. The van der Waals surface area contributed by atoms with Crippen LogP contribution in [0.2, 0.25) is 0 Å². The summed E-state index contributed by atoms with van der Waals surface area (Å²) in [7, 11) is 3.32. The van der Waals surface area contributed by atoms with Crippen molar-refractivity contribution < 1.29 is 14.3 Å². The predicted octanol–water partition coefficient (Wildman–Crippen LogP) is 3.34. The summed E-state index contributed by atoms with van der Waals surface area (Å²) < 4.78 is 10.5. The molecule has 0 N–H and O–H groups in total. The van der Waals surface area contributed by atoms with Gasteiger partial charge in [0.15, 0.2) is 0 Å². The summed E-state index contributed by atoms with van der Waals surface area (Å²) in [6, 6.07) is 15.9. The van der Waals surface area contributed by atoms with Crippen LogP contribution < -0.4 is 9.47 Å². The van der Waals surface area contributed by atoms with E-state index < -0.39 is 0 Å². The fourth-order valence-electron chi connectivity index (χ4n) is 3.44. The summed E-state index contributed by atoms with van der Waals surface area (Å²) in [4.78, 5) is 14.6. The van der Waals surface area contributed by atoms with Crippen LogP contribution in [0.4, 0.5) is 0 Å². The zero-order valence-electron chi connectivity index (χ0n) is 14.9. The van der Waals surface area contributed by atoms with E-state index in [-0.39, 0.29) is 5.91 Å². The Morgan fingerprint density at radius 3 is 2.56 bits per heavy atom. The van der Waals surface area contributed by atoms with Gasteiger partial charge in [-0.15, -0.1) is 0 Å². The topological polar surface area (TPSA) is 38.8 Å². The first-order chi connectivity index (χ1) is 12.2. The maximum absolute atomic E-state index is 12.6. The van der Waals surface area contributed by atoms with Crippen LogP contribution in [0.15, 0.2) is 48.5 Å². The first kappa shape index (κ1) is 17.3. The molecular weight excluding hydrogens is 314 g/mol. The lowest BCUT2D eigenvalue weighted by molar-refractivity contribution is -0.129. The van der Waals surface area contributed by atoms with Crippen molar-refractivity contribution in [3.63, 3.8) is 0 Å². The number of ether oxygens (including phenoxy) is 2. The molecule has 0 radical (unpaired) electrons. The van der Waals surface area contributed by atoms with E-state index in [9.17, 15) is 4.79 Å². The van der Waals surface area contributed by atoms with Crippen molar-refractivity contribution in [1.82, 2.24) is 4.90 Å². The van der Waals surface area contributed by atoms with E-state index >= 15 is 0 Å². The zero-order valence-corrected chi connectivity index (χ0v) is 14.9. The van der Waals surface area contributed by atoms with Crippen molar-refractivity contribution >= 4 is 5.91 Å². The Morgan fingerprint density at radius 1 is 1.08 bits per heavy atom. The first-order valence-electron chi connectivity index (χ1n) is 8.72. The van der Waals surface area contributed by atoms with Gasteiger partial charge in [0, 0.05) is 18.7 Å². The summed E-state index contributed by atoms with van der Waals surface area (Å²) >= 11 is 0. The molecule has 1 atom stereocenters. The molecule has 2 aromatic carbocycles. The minimum absolute atomic E-state index is 0.182. The van der Waals surface area contributed by atoms with Crippen LogP contribution in [-0.2, 0) is 17.6 Å². The summed E-state index contributed by atoms with van der Waals surface area (Å²) in [6.07, 6.45) is 2.46. The van der Waals surface area contributed by atoms with Crippen molar-refractivity contribution in [3.8, 4) is 11.5 Å². The molecule has 4 heteroatoms. The fraction of sp³-hybridized carbons (Fsp3) is 0.381. The van der Waals surface area contributed by atoms with Gasteiger partial charge in [0.25, 0.3) is 0 Å². The highest BCUT2D eigenvalue weighted by atomic mass is 16.5. The first-order valence-corrected chi connectivity index (χ1v) is 8.72. The van der Waals surface area contributed by atoms with Crippen molar-refractivity contribution in [3.05, 3.63) is 59.7 Å². The highest BCUT2D eigenvalue weighted by Crippen LogP contribution is 2.24. The second kappa shape index (κ2) is 8.06. The van der Waals surface area contributed by atoms with Crippen LogP contribution >= 0.6 is 0 Å². The number of hydrogen-bond acceptors (Lipinski definition) is 3. The molecular formula is C21H25NO3. The molecule has 0 bridgehead atoms. The standard InChI is InChI=1S/C21H25NO3/c1-24-19-9-7-16(8-10-19)13-17-11-12-22(15-17)21(23)14-18-5-3-4-6-20(18)25-2/h3-10,17H,11-15H2,1-2H3. The average Bonchev–Trinajstić information content (AvgIpc) is 3.11. The van der Waals surface area contributed by atoms with E-state index in [0.717, 1.165) is 43.0 Å². The highest BCUT2D eigenvalue weighted by Gasteiger charge is 2.26. The van der Waals surface area contributed by atoms with Gasteiger partial charge in [-0.3, -0.25) is 4.79 Å². The fourth-order valence-corrected chi connectivity index (χ4v) is 3.44. The smallest absolute Gasteiger partial charge is 0.227 e. The Labute approximate surface area is 149 Å². The zero-order chi connectivity index (χ0) is 17.6. The second-order valence-electron chi connectivity index (χ2n) is 6.54. The van der Waals surface area contributed by atoms with Crippen LogP contribution in [0.25, 0.3) is 0 Å². The number of amides is 1. The van der Waals surface area contributed by atoms with Gasteiger partial charge >= 0.3 is 0 Å². The number of nitrogens with zero attached hydrogens (tertiary/aromatic N) is 1. The summed E-state index contributed by atoms with van der Waals surface area (Å²) in [6.45, 7) is 1.68. The molecule has 132 valence electrons. The number of methoxy groups -OCH3 is 2. The molecule has 1 unspecified atom stereocenters. The van der Waals surface area contributed by atoms with Crippen molar-refractivity contribution in [2.75, 3.05) is 27.3 Å². The van der Waals surface area contributed by atoms with Crippen LogP contribution in [0, 0.1) is 5.92 Å². The molecule has 1 aliphatic heterocycles. The van der Waals surface area contributed by atoms with E-state index in [0.29, 0.717) is 12.3 Å². The van der Waals surface area contributed by atoms with E-state index in [2.05, 4.69) is 12.1 Å². The molecule has 25 heavy (non-hydrogen) atoms. The summed E-state index contributed by atoms with van der Waals surface area (Å²) in [5.74, 6) is 2.37. The SMILES string of the molecule is COc1ccc(CC2CCN(C(=O)Cc3ccccc3OC)C2)cc1. The van der Waals surface area contributed by atoms with Crippen LogP contribution in [-0.4, -0.2) is 38.1 Å². The lowest BCUT2D eigenvalue weighted by Crippen LogP contribution is -2.30. The van der Waals surface area contributed by atoms with Gasteiger partial charge in [-0.05, 0) is 42.5 Å². The predicted molar refractivity (Wildman–Crippen MR) is 98.1 cm³/mol. The van der Waals surface area contributed by atoms with Gasteiger partial charge in [0.1, 0.15) is 11.5 Å². The molecule has 3 rings (SSSR count). The van der Waals surface area contributed by atoms with E-state index in [1.165, 1.54) is 5.56 Å². The second-order valence-corrected chi connectivity index (χ2v) is 6.54. The third kappa shape index (κ3) is 4.32. The Bertz CT molecular complexity index is 711.